The van der Waals surface area contributed by atoms with Crippen molar-refractivity contribution >= 4 is 27.9 Å². The predicted octanol–water partition coefficient (Wildman–Crippen LogP) is 2.12. The summed E-state index contributed by atoms with van der Waals surface area (Å²) in [7, 11) is 0. The van der Waals surface area contributed by atoms with Crippen molar-refractivity contribution < 1.29 is 19.0 Å². The molecule has 2 N–H and O–H groups in total. The van der Waals surface area contributed by atoms with Crippen molar-refractivity contribution in [2.45, 2.75) is 6.42 Å². The first-order valence-electron chi connectivity index (χ1n) is 6.23. The minimum Gasteiger partial charge on any atom is -0.394 e. The predicted molar refractivity (Wildman–Crippen MR) is 78.7 cm³/mol. The maximum absolute atomic E-state index is 13.4. The molecule has 1 amide bonds. The third-order valence-corrected chi connectivity index (χ3v) is 2.87. The zero-order valence-electron chi connectivity index (χ0n) is 10.9. The van der Waals surface area contributed by atoms with Crippen LogP contribution in [0.5, 0.6) is 0 Å². The van der Waals surface area contributed by atoms with Crippen LogP contribution in [0.25, 0.3) is 6.08 Å². The third kappa shape index (κ3) is 6.79. The van der Waals surface area contributed by atoms with E-state index >= 15 is 0 Å². The zero-order valence-corrected chi connectivity index (χ0v) is 12.5. The number of benzene rings is 1. The van der Waals surface area contributed by atoms with Gasteiger partial charge in [-0.1, -0.05) is 15.9 Å². The largest absolute Gasteiger partial charge is 0.394 e. The molecule has 0 saturated heterocycles. The second-order valence-electron chi connectivity index (χ2n) is 3.98. The summed E-state index contributed by atoms with van der Waals surface area (Å²) in [6.45, 7) is 1.24. The molecule has 0 aliphatic rings. The number of ether oxygens (including phenoxy) is 1. The van der Waals surface area contributed by atoms with Gasteiger partial charge in [-0.25, -0.2) is 4.39 Å². The van der Waals surface area contributed by atoms with E-state index in [4.69, 9.17) is 9.84 Å². The van der Waals surface area contributed by atoms with E-state index in [0.29, 0.717) is 31.7 Å². The van der Waals surface area contributed by atoms with Gasteiger partial charge in [0.25, 0.3) is 0 Å². The van der Waals surface area contributed by atoms with Crippen LogP contribution in [0.4, 0.5) is 4.39 Å². The Morgan fingerprint density at radius 3 is 3.00 bits per heavy atom. The molecule has 0 heterocycles. The average molecular weight is 346 g/mol. The molecule has 0 fully saturated rings. The molecule has 1 aromatic rings. The van der Waals surface area contributed by atoms with Crippen LogP contribution in [0.3, 0.4) is 0 Å². The smallest absolute Gasteiger partial charge is 0.244 e. The molecule has 0 spiro atoms. The Morgan fingerprint density at radius 2 is 2.25 bits per heavy atom. The van der Waals surface area contributed by atoms with Crippen LogP contribution < -0.4 is 5.32 Å². The van der Waals surface area contributed by atoms with Gasteiger partial charge in [0.15, 0.2) is 0 Å². The van der Waals surface area contributed by atoms with Gasteiger partial charge >= 0.3 is 0 Å². The highest BCUT2D eigenvalue weighted by Gasteiger charge is 2.00. The summed E-state index contributed by atoms with van der Waals surface area (Å²) < 4.78 is 19.2. The molecule has 0 aliphatic heterocycles. The van der Waals surface area contributed by atoms with E-state index in [1.54, 1.807) is 12.1 Å². The van der Waals surface area contributed by atoms with Crippen molar-refractivity contribution in [1.82, 2.24) is 5.32 Å². The molecule has 20 heavy (non-hydrogen) atoms. The maximum Gasteiger partial charge on any atom is 0.244 e. The fourth-order valence-electron chi connectivity index (χ4n) is 1.42. The first-order chi connectivity index (χ1) is 9.63. The Morgan fingerprint density at radius 1 is 1.45 bits per heavy atom. The lowest BCUT2D eigenvalue weighted by molar-refractivity contribution is -0.116. The minimum atomic E-state index is -0.380. The Hall–Kier alpha value is -1.24. The molecular weight excluding hydrogens is 329 g/mol. The van der Waals surface area contributed by atoms with Gasteiger partial charge in [0, 0.05) is 29.3 Å². The molecular formula is C14H17BrFNO3. The number of carbonyl (C=O) groups is 1. The number of hydrogen-bond donors (Lipinski definition) is 2. The fraction of sp³-hybridized carbons (Fsp3) is 0.357. The van der Waals surface area contributed by atoms with Crippen LogP contribution in [0.2, 0.25) is 0 Å². The molecule has 110 valence electrons. The van der Waals surface area contributed by atoms with Gasteiger partial charge in [-0.3, -0.25) is 4.79 Å². The van der Waals surface area contributed by atoms with Crippen molar-refractivity contribution in [3.8, 4) is 0 Å². The first kappa shape index (κ1) is 16.8. The molecule has 6 heteroatoms. The molecule has 0 bridgehead atoms. The second-order valence-corrected chi connectivity index (χ2v) is 4.90. The molecule has 0 atom stereocenters. The number of amides is 1. The van der Waals surface area contributed by atoms with E-state index in [1.807, 2.05) is 0 Å². The molecule has 0 saturated carbocycles. The number of nitrogens with one attached hydrogen (secondary N) is 1. The van der Waals surface area contributed by atoms with E-state index in [2.05, 4.69) is 21.2 Å². The summed E-state index contributed by atoms with van der Waals surface area (Å²) in [4.78, 5) is 11.5. The zero-order chi connectivity index (χ0) is 14.8. The Bertz CT molecular complexity index is 466. The molecule has 0 unspecified atom stereocenters. The van der Waals surface area contributed by atoms with Gasteiger partial charge in [0.05, 0.1) is 13.2 Å². The molecule has 0 radical (unpaired) electrons. The van der Waals surface area contributed by atoms with Crippen molar-refractivity contribution in [3.63, 3.8) is 0 Å². The van der Waals surface area contributed by atoms with Crippen LogP contribution in [-0.2, 0) is 9.53 Å². The van der Waals surface area contributed by atoms with Crippen molar-refractivity contribution in [2.75, 3.05) is 26.4 Å². The molecule has 1 rings (SSSR count). The molecule has 0 aliphatic carbocycles. The SMILES string of the molecule is O=C(/C=C/c1cc(Br)ccc1F)NCCCOCCO. The lowest BCUT2D eigenvalue weighted by Gasteiger charge is -2.03. The van der Waals surface area contributed by atoms with Gasteiger partial charge < -0.3 is 15.2 Å². The second kappa shape index (κ2) is 9.63. The molecule has 4 nitrogen and oxygen atoms in total. The van der Waals surface area contributed by atoms with E-state index in [0.717, 1.165) is 4.47 Å². The highest BCUT2D eigenvalue weighted by atomic mass is 79.9. The Kier molecular flexibility index (Phi) is 8.10. The van der Waals surface area contributed by atoms with E-state index < -0.39 is 0 Å². The fourth-order valence-corrected chi connectivity index (χ4v) is 1.80. The van der Waals surface area contributed by atoms with Gasteiger partial charge in [-0.15, -0.1) is 0 Å². The summed E-state index contributed by atoms with van der Waals surface area (Å²) in [5.74, 6) is -0.666. The maximum atomic E-state index is 13.4. The van der Waals surface area contributed by atoms with Gasteiger partial charge in [0.2, 0.25) is 5.91 Å². The quantitative estimate of drug-likeness (QED) is 0.560. The van der Waals surface area contributed by atoms with Crippen molar-refractivity contribution in [2.24, 2.45) is 0 Å². The van der Waals surface area contributed by atoms with E-state index in [9.17, 15) is 9.18 Å². The number of aliphatic hydroxyl groups is 1. The third-order valence-electron chi connectivity index (χ3n) is 2.37. The van der Waals surface area contributed by atoms with Crippen LogP contribution in [0.15, 0.2) is 28.7 Å². The number of carbonyl (C=O) groups excluding carboxylic acids is 1. The Balaban J connectivity index is 2.31. The summed E-state index contributed by atoms with van der Waals surface area (Å²) >= 11 is 3.24. The summed E-state index contributed by atoms with van der Waals surface area (Å²) in [6, 6.07) is 4.53. The van der Waals surface area contributed by atoms with E-state index in [-0.39, 0.29) is 18.3 Å². The van der Waals surface area contributed by atoms with Crippen molar-refractivity contribution in [3.05, 3.63) is 40.1 Å². The standard InChI is InChI=1S/C14H17BrFNO3/c15-12-3-4-13(16)11(10-12)2-5-14(19)17-6-1-8-20-9-7-18/h2-5,10,18H,1,6-9H2,(H,17,19)/b5-2+. The molecule has 0 aromatic heterocycles. The molecule has 1 aromatic carbocycles. The van der Waals surface area contributed by atoms with Crippen LogP contribution in [-0.4, -0.2) is 37.4 Å². The van der Waals surface area contributed by atoms with Gasteiger partial charge in [-0.05, 0) is 30.7 Å². The monoisotopic (exact) mass is 345 g/mol. The summed E-state index contributed by atoms with van der Waals surface area (Å²) in [5, 5.41) is 11.2. The Labute approximate surface area is 125 Å². The van der Waals surface area contributed by atoms with Crippen LogP contribution >= 0.6 is 15.9 Å². The number of rotatable bonds is 8. The number of aliphatic hydroxyl groups excluding tert-OH is 1. The normalized spacial score (nSPS) is 10.9. The topological polar surface area (TPSA) is 58.6 Å². The lowest BCUT2D eigenvalue weighted by atomic mass is 10.2. The van der Waals surface area contributed by atoms with Crippen LogP contribution in [0, 0.1) is 5.82 Å². The van der Waals surface area contributed by atoms with Gasteiger partial charge in [-0.2, -0.15) is 0 Å². The first-order valence-corrected chi connectivity index (χ1v) is 7.02. The van der Waals surface area contributed by atoms with Crippen LogP contribution in [0.1, 0.15) is 12.0 Å². The lowest BCUT2D eigenvalue weighted by Crippen LogP contribution is -2.23. The van der Waals surface area contributed by atoms with Crippen molar-refractivity contribution in [1.29, 1.82) is 0 Å². The van der Waals surface area contributed by atoms with E-state index in [1.165, 1.54) is 18.2 Å². The number of halogens is 2. The highest BCUT2D eigenvalue weighted by molar-refractivity contribution is 9.10. The highest BCUT2D eigenvalue weighted by Crippen LogP contribution is 2.16. The summed E-state index contributed by atoms with van der Waals surface area (Å²) in [5.41, 5.74) is 0.348. The minimum absolute atomic E-state index is 0.00665. The summed E-state index contributed by atoms with van der Waals surface area (Å²) in [6.07, 6.45) is 3.38. The van der Waals surface area contributed by atoms with Gasteiger partial charge in [0.1, 0.15) is 5.82 Å². The average Bonchev–Trinajstić information content (AvgIpc) is 2.43. The number of hydrogen-bond acceptors (Lipinski definition) is 3.